The van der Waals surface area contributed by atoms with Crippen LogP contribution in [0.5, 0.6) is 0 Å². The zero-order valence-electron chi connectivity index (χ0n) is 27.4. The Kier molecular flexibility index (Phi) is 6.87. The highest BCUT2D eigenvalue weighted by Gasteiger charge is 2.68. The Morgan fingerprint density at radius 2 is 1.13 bits per heavy atom. The number of hydrogen-bond donors (Lipinski definition) is 0. The van der Waals surface area contributed by atoms with Crippen molar-refractivity contribution in [2.24, 2.45) is 57.2 Å². The molecule has 9 aliphatic rings. The highest BCUT2D eigenvalue weighted by molar-refractivity contribution is 5.95. The lowest BCUT2D eigenvalue weighted by molar-refractivity contribution is -0.208. The van der Waals surface area contributed by atoms with Crippen molar-refractivity contribution in [1.82, 2.24) is 0 Å². The third kappa shape index (κ3) is 4.51. The van der Waals surface area contributed by atoms with Gasteiger partial charge in [0.15, 0.2) is 0 Å². The van der Waals surface area contributed by atoms with Gasteiger partial charge in [0.25, 0.3) is 0 Å². The summed E-state index contributed by atoms with van der Waals surface area (Å²) in [7, 11) is 1.37. The Bertz CT molecular complexity index is 1340. The second-order valence-electron chi connectivity index (χ2n) is 17.2. The summed E-state index contributed by atoms with van der Waals surface area (Å²) in [6, 6.07) is 0. The van der Waals surface area contributed by atoms with E-state index in [-0.39, 0.29) is 64.8 Å². The third-order valence-corrected chi connectivity index (χ3v) is 13.9. The van der Waals surface area contributed by atoms with Gasteiger partial charge in [-0.05, 0) is 104 Å². The molecule has 7 unspecified atom stereocenters. The topological polar surface area (TPSA) is 130 Å². The minimum absolute atomic E-state index is 0.0643. The van der Waals surface area contributed by atoms with Crippen LogP contribution in [0.25, 0.3) is 0 Å². The fraction of sp³-hybridized carbons (Fsp3) is 0.833. The minimum Gasteiger partial charge on any atom is -0.469 e. The molecular weight excluding hydrogens is 576 g/mol. The molecule has 0 N–H and O–H groups in total. The molecular formula is C36H48O9. The molecule has 9 nitrogen and oxygen atoms in total. The van der Waals surface area contributed by atoms with Crippen LogP contribution in [0.15, 0.2) is 0 Å². The minimum atomic E-state index is -0.955. The van der Waals surface area contributed by atoms with E-state index in [1.165, 1.54) is 7.11 Å². The van der Waals surface area contributed by atoms with Gasteiger partial charge in [0.2, 0.25) is 0 Å². The van der Waals surface area contributed by atoms with E-state index in [1.54, 1.807) is 6.92 Å². The zero-order chi connectivity index (χ0) is 32.3. The second-order valence-corrected chi connectivity index (χ2v) is 17.2. The van der Waals surface area contributed by atoms with Gasteiger partial charge in [-0.3, -0.25) is 28.8 Å². The molecule has 0 spiro atoms. The van der Waals surface area contributed by atoms with E-state index in [2.05, 4.69) is 6.92 Å². The molecule has 7 atom stereocenters. The normalized spacial score (nSPS) is 46.2. The molecule has 9 aliphatic carbocycles. The van der Waals surface area contributed by atoms with Crippen LogP contribution in [0.4, 0.5) is 0 Å². The van der Waals surface area contributed by atoms with Crippen LogP contribution in [0, 0.1) is 57.2 Å². The van der Waals surface area contributed by atoms with Gasteiger partial charge in [0.1, 0.15) is 29.1 Å². The molecule has 0 aromatic rings. The molecule has 0 radical (unpaired) electrons. The lowest BCUT2D eigenvalue weighted by Gasteiger charge is -2.59. The number of carbonyl (C=O) groups excluding carboxylic acids is 6. The highest BCUT2D eigenvalue weighted by Crippen LogP contribution is 2.66. The maximum atomic E-state index is 14.2. The second kappa shape index (κ2) is 9.96. The van der Waals surface area contributed by atoms with Gasteiger partial charge in [-0.25, -0.2) is 0 Å². The predicted octanol–water partition coefficient (Wildman–Crippen LogP) is 4.95. The maximum Gasteiger partial charge on any atom is 0.312 e. The van der Waals surface area contributed by atoms with Crippen molar-refractivity contribution >= 4 is 35.3 Å². The number of methoxy groups -OCH3 is 1. The molecule has 8 bridgehead atoms. The predicted molar refractivity (Wildman–Crippen MR) is 159 cm³/mol. The molecule has 0 heterocycles. The maximum absolute atomic E-state index is 14.2. The van der Waals surface area contributed by atoms with Gasteiger partial charge in [0.05, 0.1) is 23.4 Å². The van der Waals surface area contributed by atoms with Gasteiger partial charge in [-0.15, -0.1) is 0 Å². The molecule has 9 rings (SSSR count). The Labute approximate surface area is 265 Å². The number of rotatable bonds is 7. The Morgan fingerprint density at radius 3 is 1.62 bits per heavy atom. The average molecular weight is 625 g/mol. The van der Waals surface area contributed by atoms with E-state index in [1.807, 2.05) is 13.8 Å². The van der Waals surface area contributed by atoms with Crippen molar-refractivity contribution in [3.8, 4) is 0 Å². The van der Waals surface area contributed by atoms with Gasteiger partial charge < -0.3 is 14.2 Å². The van der Waals surface area contributed by atoms with Crippen LogP contribution in [0.3, 0.4) is 0 Å². The largest absolute Gasteiger partial charge is 0.469 e. The van der Waals surface area contributed by atoms with Crippen molar-refractivity contribution < 1.29 is 43.0 Å². The summed E-state index contributed by atoms with van der Waals surface area (Å²) in [6.45, 7) is 7.53. The first kappa shape index (κ1) is 31.0. The van der Waals surface area contributed by atoms with Crippen LogP contribution in [-0.4, -0.2) is 54.1 Å². The van der Waals surface area contributed by atoms with Crippen LogP contribution in [0.1, 0.15) is 111 Å². The summed E-state index contributed by atoms with van der Waals surface area (Å²) in [4.78, 5) is 80.2. The highest BCUT2D eigenvalue weighted by atomic mass is 16.6. The molecule has 0 aromatic carbocycles. The molecule has 0 aromatic heterocycles. The van der Waals surface area contributed by atoms with Gasteiger partial charge >= 0.3 is 17.9 Å². The molecule has 45 heavy (non-hydrogen) atoms. The lowest BCUT2D eigenvalue weighted by atomic mass is 9.43. The quantitative estimate of drug-likeness (QED) is 0.285. The number of ether oxygens (including phenoxy) is 3. The van der Waals surface area contributed by atoms with E-state index in [0.29, 0.717) is 76.5 Å². The van der Waals surface area contributed by atoms with Crippen molar-refractivity contribution in [1.29, 1.82) is 0 Å². The SMILES string of the molecule is COC(=O)C12CC3CC(C(=O)OC4CC(C)CCC4C(C)(C)OC(=O)C45CC6CC(C(C)=O)(CC(C4)C6=O)C5)(CC(C1)C3=O)C2. The molecule has 0 aliphatic heterocycles. The Balaban J connectivity index is 1.11. The fourth-order valence-corrected chi connectivity index (χ4v) is 12.0. The van der Waals surface area contributed by atoms with Crippen molar-refractivity contribution in [2.45, 2.75) is 123 Å². The van der Waals surface area contributed by atoms with Crippen LogP contribution in [-0.2, 0) is 43.0 Å². The van der Waals surface area contributed by atoms with Crippen LogP contribution >= 0.6 is 0 Å². The first-order valence-corrected chi connectivity index (χ1v) is 17.2. The summed E-state index contributed by atoms with van der Waals surface area (Å²) in [6.07, 6.45) is 6.24. The number of carbonyl (C=O) groups is 6. The molecule has 9 fully saturated rings. The Hall–Kier alpha value is -2.58. The van der Waals surface area contributed by atoms with Crippen LogP contribution < -0.4 is 0 Å². The van der Waals surface area contributed by atoms with E-state index >= 15 is 0 Å². The summed E-state index contributed by atoms with van der Waals surface area (Å²) < 4.78 is 18.1. The van der Waals surface area contributed by atoms with Crippen molar-refractivity contribution in [2.75, 3.05) is 7.11 Å². The molecule has 246 valence electrons. The zero-order valence-corrected chi connectivity index (χ0v) is 27.4. The first-order valence-electron chi connectivity index (χ1n) is 17.2. The van der Waals surface area contributed by atoms with E-state index in [0.717, 1.165) is 12.8 Å². The van der Waals surface area contributed by atoms with E-state index < -0.39 is 33.4 Å². The number of Topliss-reactive ketones (excluding diaryl/α,β-unsaturated/α-hetero) is 3. The summed E-state index contributed by atoms with van der Waals surface area (Å²) >= 11 is 0. The van der Waals surface area contributed by atoms with E-state index in [9.17, 15) is 28.8 Å². The van der Waals surface area contributed by atoms with Gasteiger partial charge in [0, 0.05) is 35.0 Å². The monoisotopic (exact) mass is 624 g/mol. The smallest absolute Gasteiger partial charge is 0.312 e. The lowest BCUT2D eigenvalue weighted by Crippen LogP contribution is -2.62. The number of hydrogen-bond acceptors (Lipinski definition) is 9. The first-order chi connectivity index (χ1) is 21.1. The third-order valence-electron chi connectivity index (χ3n) is 13.9. The van der Waals surface area contributed by atoms with Crippen molar-refractivity contribution in [3.63, 3.8) is 0 Å². The molecule has 0 amide bonds. The molecule has 9 heteroatoms. The molecule has 9 saturated carbocycles. The standard InChI is InChI=1S/C36H48O9/c1-19-6-7-25(32(3,4)45-31(42)36-15-21-9-33(17-36,20(2)37)10-22(16-36)27(21)38)26(8-19)44-30(41)35-13-23-11-34(18-35,29(40)43-5)12-24(14-35)28(23)39/h19,21-26H,6-18H2,1-5H3. The van der Waals surface area contributed by atoms with Gasteiger partial charge in [-0.1, -0.05) is 13.3 Å². The average Bonchev–Trinajstić information content (AvgIpc) is 2.96. The number of esters is 3. The Morgan fingerprint density at radius 1 is 0.689 bits per heavy atom. The number of ketones is 3. The van der Waals surface area contributed by atoms with E-state index in [4.69, 9.17) is 14.2 Å². The summed E-state index contributed by atoms with van der Waals surface area (Å²) in [5.74, 6) is -1.72. The van der Waals surface area contributed by atoms with Gasteiger partial charge in [-0.2, -0.15) is 0 Å². The fourth-order valence-electron chi connectivity index (χ4n) is 12.0. The van der Waals surface area contributed by atoms with Crippen LogP contribution in [0.2, 0.25) is 0 Å². The summed E-state index contributed by atoms with van der Waals surface area (Å²) in [5.41, 5.74) is -4.14. The molecule has 0 saturated heterocycles. The van der Waals surface area contributed by atoms with Crippen molar-refractivity contribution in [3.05, 3.63) is 0 Å². The summed E-state index contributed by atoms with van der Waals surface area (Å²) in [5, 5.41) is 0.